The van der Waals surface area contributed by atoms with Crippen LogP contribution in [0.5, 0.6) is 0 Å². The lowest BCUT2D eigenvalue weighted by Crippen LogP contribution is -2.08. The van der Waals surface area contributed by atoms with Crippen LogP contribution >= 0.6 is 0 Å². The van der Waals surface area contributed by atoms with E-state index in [4.69, 9.17) is 2.74 Å². The van der Waals surface area contributed by atoms with Gasteiger partial charge in [0.05, 0.1) is 0 Å². The zero-order valence-electron chi connectivity index (χ0n) is 15.8. The van der Waals surface area contributed by atoms with E-state index in [2.05, 4.69) is 27.7 Å². The average molecular weight is 311 g/mol. The van der Waals surface area contributed by atoms with E-state index >= 15 is 0 Å². The van der Waals surface area contributed by atoms with Crippen molar-refractivity contribution in [3.05, 3.63) is 35.9 Å². The van der Waals surface area contributed by atoms with E-state index in [1.807, 2.05) is 30.3 Å². The third-order valence-electron chi connectivity index (χ3n) is 3.63. The average Bonchev–Trinajstić information content (AvgIpc) is 2.55. The van der Waals surface area contributed by atoms with Gasteiger partial charge in [-0.15, -0.1) is 0 Å². The van der Waals surface area contributed by atoms with E-state index in [0.717, 1.165) is 5.56 Å². The van der Waals surface area contributed by atoms with Gasteiger partial charge in [0.15, 0.2) is 0 Å². The molecule has 0 amide bonds. The van der Waals surface area contributed by atoms with Crippen LogP contribution in [0.15, 0.2) is 30.3 Å². The van der Waals surface area contributed by atoms with Crippen LogP contribution in [-0.4, -0.2) is 0 Å². The summed E-state index contributed by atoms with van der Waals surface area (Å²) in [6.07, 6.45) is 6.89. The molecule has 22 heavy (non-hydrogen) atoms. The Balaban J connectivity index is 0. The van der Waals surface area contributed by atoms with Crippen LogP contribution in [0, 0.1) is 17.8 Å². The van der Waals surface area contributed by atoms with E-state index in [0.29, 0.717) is 17.8 Å². The van der Waals surface area contributed by atoms with E-state index in [1.54, 1.807) is 0 Å². The molecular weight excluding hydrogens is 264 g/mol. The second-order valence-electron chi connectivity index (χ2n) is 6.66. The van der Waals surface area contributed by atoms with Gasteiger partial charge in [0.25, 0.3) is 0 Å². The lowest BCUT2D eigenvalue weighted by molar-refractivity contribution is 0.305. The third-order valence-corrected chi connectivity index (χ3v) is 3.63. The Morgan fingerprint density at radius 1 is 0.909 bits per heavy atom. The molecule has 130 valence electrons. The summed E-state index contributed by atoms with van der Waals surface area (Å²) < 4.78 is 15.7. The van der Waals surface area contributed by atoms with Gasteiger partial charge in [0.2, 0.25) is 0 Å². The van der Waals surface area contributed by atoms with Gasteiger partial charge in [-0.2, -0.15) is 0 Å². The molecule has 0 nitrogen and oxygen atoms in total. The van der Waals surface area contributed by atoms with Gasteiger partial charge in [-0.25, -0.2) is 0 Å². The molecule has 2 rings (SSSR count). The van der Waals surface area contributed by atoms with E-state index in [1.165, 1.54) is 32.1 Å². The molecule has 0 saturated heterocycles. The van der Waals surface area contributed by atoms with Crippen molar-refractivity contribution in [2.75, 3.05) is 0 Å². The van der Waals surface area contributed by atoms with Crippen LogP contribution in [0.4, 0.5) is 0 Å². The number of hydrogen-bond donors (Lipinski definition) is 0. The number of hydrogen-bond acceptors (Lipinski definition) is 0. The second-order valence-corrected chi connectivity index (χ2v) is 6.66. The van der Waals surface area contributed by atoms with Gasteiger partial charge < -0.3 is 0 Å². The number of benzene rings is 1. The molecule has 1 fully saturated rings. The summed E-state index contributed by atoms with van der Waals surface area (Å²) in [5, 5.41) is 0. The van der Waals surface area contributed by atoms with Crippen molar-refractivity contribution in [1.29, 1.82) is 0 Å². The molecule has 0 spiro atoms. The second kappa shape index (κ2) is 13.9. The van der Waals surface area contributed by atoms with E-state index < -0.39 is 0 Å². The Morgan fingerprint density at radius 3 is 1.91 bits per heavy atom. The van der Waals surface area contributed by atoms with Crippen molar-refractivity contribution in [2.24, 2.45) is 17.8 Å². The number of rotatable bonds is 4. The highest BCUT2D eigenvalue weighted by atomic mass is 14.2. The summed E-state index contributed by atoms with van der Waals surface area (Å²) >= 11 is 0. The normalized spacial score (nSPS) is 18.8. The first-order chi connectivity index (χ1) is 10.4. The maximum absolute atomic E-state index is 7.92. The summed E-state index contributed by atoms with van der Waals surface area (Å²) in [4.78, 5) is 0. The van der Waals surface area contributed by atoms with Crippen molar-refractivity contribution in [3.63, 3.8) is 0 Å². The van der Waals surface area contributed by atoms with E-state index in [9.17, 15) is 0 Å². The molecule has 0 N–H and O–H groups in total. The van der Waals surface area contributed by atoms with Gasteiger partial charge >= 0.3 is 0 Å². The molecule has 1 aliphatic rings. The fourth-order valence-corrected chi connectivity index (χ4v) is 2.82. The van der Waals surface area contributed by atoms with Crippen LogP contribution < -0.4 is 0 Å². The highest BCUT2D eigenvalue weighted by Crippen LogP contribution is 2.28. The van der Waals surface area contributed by atoms with Crippen LogP contribution in [0.25, 0.3) is 0 Å². The smallest absolute Gasteiger partial charge is 0.0319 e. The maximum Gasteiger partial charge on any atom is 0.0319 e. The molecule has 2 atom stereocenters. The largest absolute Gasteiger partial charge is 0.0776 e. The predicted molar refractivity (Wildman–Crippen MR) is 104 cm³/mol. The van der Waals surface area contributed by atoms with Crippen molar-refractivity contribution in [2.45, 2.75) is 87.4 Å². The quantitative estimate of drug-likeness (QED) is 0.532. The van der Waals surface area contributed by atoms with Gasteiger partial charge in [-0.3, -0.25) is 0 Å². The molecule has 0 aromatic heterocycles. The lowest BCUT2D eigenvalue weighted by Gasteiger charge is -2.22. The van der Waals surface area contributed by atoms with Gasteiger partial charge in [0, 0.05) is 2.74 Å². The first-order valence-corrected chi connectivity index (χ1v) is 8.33. The summed E-state index contributed by atoms with van der Waals surface area (Å²) in [5.74, 6) is 1.67. The van der Waals surface area contributed by atoms with Crippen molar-refractivity contribution in [3.8, 4) is 0 Å². The fourth-order valence-electron chi connectivity index (χ4n) is 2.82. The molecule has 0 heteroatoms. The Labute approximate surface area is 144 Å². The van der Waals surface area contributed by atoms with Gasteiger partial charge in [-0.1, -0.05) is 105 Å². The summed E-state index contributed by atoms with van der Waals surface area (Å²) in [5.41, 5.74) is 1.11. The zero-order valence-corrected chi connectivity index (χ0v) is 13.8. The molecule has 2 unspecified atom stereocenters. The maximum atomic E-state index is 7.92. The van der Waals surface area contributed by atoms with Crippen LogP contribution in [-0.2, 0) is 6.40 Å². The van der Waals surface area contributed by atoms with Gasteiger partial charge in [-0.05, 0) is 36.1 Å². The van der Waals surface area contributed by atoms with Crippen LogP contribution in [0.2, 0.25) is 0 Å². The predicted octanol–water partition coefficient (Wildman–Crippen LogP) is 7.77. The molecule has 0 bridgehead atoms. The standard InChI is InChI=1S/C10H20.C10H14.2CH4/c2*1-9(2)8-10-6-4-3-5-7-10;;/h9-10H,3-8H2,1-2H3;3-7,9H,8H2,1-2H3;2*1H4/i2*8T;;. The summed E-state index contributed by atoms with van der Waals surface area (Å²) in [6.45, 7) is 8.49. The molecule has 0 heterocycles. The third kappa shape index (κ3) is 11.8. The zero-order chi connectivity index (χ0) is 16.5. The molecule has 0 radical (unpaired) electrons. The highest BCUT2D eigenvalue weighted by molar-refractivity contribution is 5.14. The van der Waals surface area contributed by atoms with Crippen molar-refractivity contribution < 1.29 is 2.74 Å². The fraction of sp³-hybridized carbons (Fsp3) is 0.727. The van der Waals surface area contributed by atoms with E-state index in [-0.39, 0.29) is 27.6 Å². The molecule has 0 aliphatic heterocycles. The minimum Gasteiger partial charge on any atom is -0.0776 e. The summed E-state index contributed by atoms with van der Waals surface area (Å²) in [7, 11) is 0. The monoisotopic (exact) mass is 310 g/mol. The Bertz CT molecular complexity index is 380. The minimum atomic E-state index is -0.0730. The van der Waals surface area contributed by atoms with Crippen LogP contribution in [0.1, 0.15) is 89.4 Å². The molecular formula is C22H42. The first kappa shape index (κ1) is 19.3. The molecule has 1 saturated carbocycles. The summed E-state index contributed by atoms with van der Waals surface area (Å²) in [6, 6.07) is 9.98. The van der Waals surface area contributed by atoms with Crippen molar-refractivity contribution >= 4 is 0 Å². The molecule has 1 aromatic rings. The Morgan fingerprint density at radius 2 is 1.45 bits per heavy atom. The minimum absolute atomic E-state index is 0. The first-order valence-electron chi connectivity index (χ1n) is 9.48. The molecule has 1 aromatic carbocycles. The topological polar surface area (TPSA) is 0 Å². The lowest BCUT2D eigenvalue weighted by atomic mass is 9.84. The SMILES string of the molecule is C.C.[3H]C(C(C)C)C1CCCCC1.[3H]C(c1ccccc1)C(C)C. The van der Waals surface area contributed by atoms with Gasteiger partial charge in [0.1, 0.15) is 0 Å². The molecule has 1 aliphatic carbocycles. The Hall–Kier alpha value is -0.780. The highest BCUT2D eigenvalue weighted by Gasteiger charge is 2.13. The Kier molecular flexibility index (Phi) is 12.1. The van der Waals surface area contributed by atoms with Crippen LogP contribution in [0.3, 0.4) is 0 Å². The van der Waals surface area contributed by atoms with Crippen molar-refractivity contribution in [1.82, 2.24) is 0 Å².